The molecule has 1 aliphatic heterocycles. The normalized spacial score (nSPS) is 15.5. The molecule has 5 rings (SSSR count). The van der Waals surface area contributed by atoms with Gasteiger partial charge in [-0.15, -0.1) is 0 Å². The molecule has 3 aromatic carbocycles. The van der Waals surface area contributed by atoms with Crippen LogP contribution in [-0.2, 0) is 14.3 Å². The molecule has 0 radical (unpaired) electrons. The zero-order valence-electron chi connectivity index (χ0n) is 22.5. The van der Waals surface area contributed by atoms with Gasteiger partial charge >= 0.3 is 12.1 Å². The third kappa shape index (κ3) is 5.67. The Morgan fingerprint density at radius 3 is 2.35 bits per heavy atom. The number of benzene rings is 3. The molecule has 1 fully saturated rings. The molecule has 1 N–H and O–H groups in total. The second-order valence-electron chi connectivity index (χ2n) is 9.66. The first-order valence-electron chi connectivity index (χ1n) is 13.1. The van der Waals surface area contributed by atoms with Gasteiger partial charge in [-0.3, -0.25) is 5.32 Å². The summed E-state index contributed by atoms with van der Waals surface area (Å²) in [6, 6.07) is 22.9. The number of hydrogen-bond acceptors (Lipinski definition) is 7. The lowest BCUT2D eigenvalue weighted by atomic mass is 10.0. The van der Waals surface area contributed by atoms with Crippen LogP contribution in [0.1, 0.15) is 37.1 Å². The number of carbonyl (C=O) groups is 2. The van der Waals surface area contributed by atoms with Crippen molar-refractivity contribution >= 4 is 35.0 Å². The fraction of sp³-hybridized carbons (Fsp3) is 0.258. The first kappa shape index (κ1) is 27.3. The highest BCUT2D eigenvalue weighted by molar-refractivity contribution is 6.31. The Hall–Kier alpha value is -4.30. The molecule has 4 aromatic rings. The monoisotopic (exact) mass is 559 g/mol. The van der Waals surface area contributed by atoms with Crippen LogP contribution < -0.4 is 10.2 Å². The number of halogens is 1. The molecule has 2 unspecified atom stereocenters. The van der Waals surface area contributed by atoms with Gasteiger partial charge in [-0.2, -0.15) is 0 Å². The van der Waals surface area contributed by atoms with E-state index in [2.05, 4.69) is 15.4 Å². The van der Waals surface area contributed by atoms with E-state index in [1.165, 1.54) is 7.11 Å². The minimum atomic E-state index is -0.635. The van der Waals surface area contributed by atoms with Crippen molar-refractivity contribution in [3.05, 3.63) is 89.1 Å². The molecular weight excluding hydrogens is 530 g/mol. The van der Waals surface area contributed by atoms with Gasteiger partial charge in [0.2, 0.25) is 0 Å². The molecule has 1 amide bonds. The minimum absolute atomic E-state index is 0.197. The predicted octanol–water partition coefficient (Wildman–Crippen LogP) is 7.42. The number of carbonyl (C=O) groups excluding carboxylic acids is 2. The molecule has 1 saturated heterocycles. The van der Waals surface area contributed by atoms with Crippen molar-refractivity contribution in [2.75, 3.05) is 23.9 Å². The summed E-state index contributed by atoms with van der Waals surface area (Å²) in [5, 5.41) is 7.35. The number of nitrogens with zero attached hydrogens (tertiary/aromatic N) is 2. The quantitative estimate of drug-likeness (QED) is 0.235. The van der Waals surface area contributed by atoms with E-state index in [-0.39, 0.29) is 12.0 Å². The summed E-state index contributed by atoms with van der Waals surface area (Å²) in [5.41, 5.74) is 5.50. The second kappa shape index (κ2) is 11.8. The maximum atomic E-state index is 12.7. The van der Waals surface area contributed by atoms with E-state index >= 15 is 0 Å². The van der Waals surface area contributed by atoms with Crippen molar-refractivity contribution in [2.24, 2.45) is 0 Å². The summed E-state index contributed by atoms with van der Waals surface area (Å²) in [7, 11) is 1.43. The second-order valence-corrected chi connectivity index (χ2v) is 10.1. The van der Waals surface area contributed by atoms with E-state index in [0.29, 0.717) is 27.7 Å². The molecular formula is C31H30ClN3O5. The van der Waals surface area contributed by atoms with Gasteiger partial charge in [-0.25, -0.2) is 9.59 Å². The average molecular weight is 560 g/mol. The Balaban J connectivity index is 1.28. The number of aryl methyl sites for hydroxylation is 1. The smallest absolute Gasteiger partial charge is 0.412 e. The Morgan fingerprint density at radius 2 is 1.68 bits per heavy atom. The molecule has 0 spiro atoms. The summed E-state index contributed by atoms with van der Waals surface area (Å²) < 4.78 is 16.1. The maximum Gasteiger partial charge on any atom is 0.412 e. The van der Waals surface area contributed by atoms with E-state index in [0.717, 1.165) is 41.8 Å². The molecule has 0 bridgehead atoms. The van der Waals surface area contributed by atoms with Gasteiger partial charge < -0.3 is 18.9 Å². The van der Waals surface area contributed by atoms with Gasteiger partial charge in [-0.1, -0.05) is 71.4 Å². The van der Waals surface area contributed by atoms with E-state index in [1.54, 1.807) is 19.9 Å². The number of hydrogen-bond donors (Lipinski definition) is 1. The third-order valence-electron chi connectivity index (χ3n) is 7.12. The van der Waals surface area contributed by atoms with Gasteiger partial charge in [0.25, 0.3) is 0 Å². The zero-order valence-corrected chi connectivity index (χ0v) is 23.3. The number of anilines is 2. The lowest BCUT2D eigenvalue weighted by Crippen LogP contribution is -2.36. The van der Waals surface area contributed by atoms with Crippen molar-refractivity contribution in [3.63, 3.8) is 0 Å². The maximum absolute atomic E-state index is 12.7. The lowest BCUT2D eigenvalue weighted by molar-refractivity contribution is -0.141. The number of esters is 1. The van der Waals surface area contributed by atoms with Crippen molar-refractivity contribution in [1.82, 2.24) is 5.16 Å². The van der Waals surface area contributed by atoms with Crippen LogP contribution in [0.25, 0.3) is 22.5 Å². The molecule has 1 aliphatic rings. The average Bonchev–Trinajstić information content (AvgIpc) is 3.60. The van der Waals surface area contributed by atoms with Gasteiger partial charge in [0.15, 0.2) is 5.76 Å². The fourth-order valence-electron chi connectivity index (χ4n) is 4.99. The summed E-state index contributed by atoms with van der Waals surface area (Å²) in [6.45, 7) is 4.34. The van der Waals surface area contributed by atoms with Crippen molar-refractivity contribution in [3.8, 4) is 22.5 Å². The first-order valence-corrected chi connectivity index (χ1v) is 13.5. The molecule has 206 valence electrons. The Kier molecular flexibility index (Phi) is 8.07. The Bertz CT molecular complexity index is 1500. The van der Waals surface area contributed by atoms with E-state index in [1.807, 2.05) is 66.7 Å². The van der Waals surface area contributed by atoms with E-state index in [9.17, 15) is 9.59 Å². The van der Waals surface area contributed by atoms with Gasteiger partial charge in [-0.05, 0) is 56.0 Å². The fourth-order valence-corrected chi connectivity index (χ4v) is 5.28. The molecule has 2 heterocycles. The summed E-state index contributed by atoms with van der Waals surface area (Å²) >= 11 is 6.24. The van der Waals surface area contributed by atoms with E-state index < -0.39 is 12.2 Å². The van der Waals surface area contributed by atoms with Crippen molar-refractivity contribution < 1.29 is 23.6 Å². The highest BCUT2D eigenvalue weighted by Crippen LogP contribution is 2.34. The van der Waals surface area contributed by atoms with Crippen LogP contribution in [0.2, 0.25) is 5.02 Å². The number of ether oxygens (including phenoxy) is 2. The number of nitrogens with one attached hydrogen (secondary N) is 1. The Morgan fingerprint density at radius 1 is 1.02 bits per heavy atom. The van der Waals surface area contributed by atoms with Crippen LogP contribution in [0.3, 0.4) is 0 Å². The molecule has 8 nitrogen and oxygen atoms in total. The van der Waals surface area contributed by atoms with Crippen LogP contribution in [0.15, 0.2) is 77.3 Å². The number of aromatic nitrogens is 1. The Labute approximate surface area is 237 Å². The van der Waals surface area contributed by atoms with Crippen LogP contribution in [0, 0.1) is 6.92 Å². The summed E-state index contributed by atoms with van der Waals surface area (Å²) in [4.78, 5) is 26.9. The number of methoxy groups -OCH3 is 1. The van der Waals surface area contributed by atoms with Gasteiger partial charge in [0.1, 0.15) is 23.5 Å². The predicted molar refractivity (Wildman–Crippen MR) is 154 cm³/mol. The van der Waals surface area contributed by atoms with Crippen LogP contribution in [0.4, 0.5) is 16.2 Å². The highest BCUT2D eigenvalue weighted by Gasteiger charge is 2.31. The standard InChI is InChI=1S/C31H30ClN3O5/c1-19-28(33-31(37)39-20(2)25-7-4-5-8-26(25)32)29(40-34-19)23-12-10-21(11-13-23)22-14-16-24(17-15-22)35-18-6-9-27(35)30(36)38-3/h4-5,7-8,10-17,20,27H,6,9,18H2,1-3H3,(H,33,37). The van der Waals surface area contributed by atoms with Gasteiger partial charge in [0, 0.05) is 28.4 Å². The van der Waals surface area contributed by atoms with Crippen molar-refractivity contribution in [1.29, 1.82) is 0 Å². The molecule has 0 saturated carbocycles. The largest absolute Gasteiger partial charge is 0.467 e. The molecule has 0 aliphatic carbocycles. The zero-order chi connectivity index (χ0) is 28.2. The topological polar surface area (TPSA) is 93.9 Å². The van der Waals surface area contributed by atoms with Crippen LogP contribution >= 0.6 is 11.6 Å². The molecule has 40 heavy (non-hydrogen) atoms. The minimum Gasteiger partial charge on any atom is -0.467 e. The summed E-state index contributed by atoms with van der Waals surface area (Å²) in [5.74, 6) is 0.238. The van der Waals surface area contributed by atoms with Crippen LogP contribution in [-0.4, -0.2) is 36.9 Å². The van der Waals surface area contributed by atoms with Gasteiger partial charge in [0.05, 0.1) is 7.11 Å². The SMILES string of the molecule is COC(=O)C1CCCN1c1ccc(-c2ccc(-c3onc(C)c3NC(=O)OC(C)c3ccccc3Cl)cc2)cc1. The molecule has 1 aromatic heterocycles. The van der Waals surface area contributed by atoms with E-state index in [4.69, 9.17) is 25.6 Å². The highest BCUT2D eigenvalue weighted by atomic mass is 35.5. The molecule has 9 heteroatoms. The van der Waals surface area contributed by atoms with Crippen molar-refractivity contribution in [2.45, 2.75) is 38.8 Å². The van der Waals surface area contributed by atoms with Crippen LogP contribution in [0.5, 0.6) is 0 Å². The number of amides is 1. The molecule has 2 atom stereocenters. The number of rotatable bonds is 7. The lowest BCUT2D eigenvalue weighted by Gasteiger charge is -2.25. The third-order valence-corrected chi connectivity index (χ3v) is 7.47. The first-order chi connectivity index (χ1) is 19.4. The summed E-state index contributed by atoms with van der Waals surface area (Å²) in [6.07, 6.45) is 0.578.